The molecule has 0 saturated carbocycles. The zero-order chi connectivity index (χ0) is 10.4. The van der Waals surface area contributed by atoms with Crippen molar-refractivity contribution in [3.8, 4) is 12.3 Å². The summed E-state index contributed by atoms with van der Waals surface area (Å²) in [5, 5.41) is 19.8. The molecule has 2 atom stereocenters. The van der Waals surface area contributed by atoms with Gasteiger partial charge in [-0.15, -0.1) is 6.42 Å². The quantitative estimate of drug-likeness (QED) is 0.410. The largest absolute Gasteiger partial charge is 0.465 e. The van der Waals surface area contributed by atoms with Crippen molar-refractivity contribution in [3.05, 3.63) is 0 Å². The summed E-state index contributed by atoms with van der Waals surface area (Å²) < 4.78 is 0. The Morgan fingerprint density at radius 1 is 1.77 bits per heavy atom. The van der Waals surface area contributed by atoms with Crippen LogP contribution in [0.2, 0.25) is 0 Å². The summed E-state index contributed by atoms with van der Waals surface area (Å²) in [7, 11) is 1.63. The molecule has 0 aromatic rings. The average Bonchev–Trinajstić information content (AvgIpc) is 1.99. The van der Waals surface area contributed by atoms with E-state index in [0.29, 0.717) is 0 Å². The van der Waals surface area contributed by atoms with Gasteiger partial charge in [-0.25, -0.2) is 4.79 Å². The Labute approximate surface area is 77.4 Å². The van der Waals surface area contributed by atoms with Crippen molar-refractivity contribution >= 4 is 6.09 Å². The second-order valence-electron chi connectivity index (χ2n) is 2.75. The lowest BCUT2D eigenvalue weighted by Crippen LogP contribution is -2.52. The molecule has 1 amide bonds. The minimum absolute atomic E-state index is 0.274. The zero-order valence-electron chi connectivity index (χ0n) is 7.69. The first-order chi connectivity index (χ1) is 5.99. The number of terminal acetylenes is 1. The standard InChI is InChI=1S/C8H14N2O3/c1-4-5-10(3)7(6(2)11)9-8(12)13/h1,6-7,9,11H,5H2,2-3H3,(H,12,13). The SMILES string of the molecule is C#CCN(C)C(NC(=O)O)C(C)O. The summed E-state index contributed by atoms with van der Waals surface area (Å²) in [6.45, 7) is 1.77. The van der Waals surface area contributed by atoms with Crippen LogP contribution >= 0.6 is 0 Å². The van der Waals surface area contributed by atoms with Gasteiger partial charge in [0.25, 0.3) is 0 Å². The van der Waals surface area contributed by atoms with Crippen molar-refractivity contribution in [2.45, 2.75) is 19.2 Å². The highest BCUT2D eigenvalue weighted by molar-refractivity contribution is 5.64. The van der Waals surface area contributed by atoms with Gasteiger partial charge in [0, 0.05) is 0 Å². The van der Waals surface area contributed by atoms with Gasteiger partial charge in [-0.1, -0.05) is 5.92 Å². The third-order valence-electron chi connectivity index (χ3n) is 1.54. The first-order valence-corrected chi connectivity index (χ1v) is 3.80. The number of hydrogen-bond donors (Lipinski definition) is 3. The second-order valence-corrected chi connectivity index (χ2v) is 2.75. The minimum atomic E-state index is -1.19. The molecule has 0 heterocycles. The smallest absolute Gasteiger partial charge is 0.405 e. The van der Waals surface area contributed by atoms with Gasteiger partial charge in [0.2, 0.25) is 0 Å². The maximum Gasteiger partial charge on any atom is 0.405 e. The number of aliphatic hydroxyl groups excluding tert-OH is 1. The maximum atomic E-state index is 10.3. The molecule has 2 unspecified atom stereocenters. The van der Waals surface area contributed by atoms with Crippen LogP contribution < -0.4 is 5.32 Å². The molecule has 5 heteroatoms. The van der Waals surface area contributed by atoms with Gasteiger partial charge in [-0.05, 0) is 14.0 Å². The molecule has 0 saturated heterocycles. The van der Waals surface area contributed by atoms with Gasteiger partial charge in [0.1, 0.15) is 6.17 Å². The highest BCUT2D eigenvalue weighted by atomic mass is 16.4. The number of nitrogens with zero attached hydrogens (tertiary/aromatic N) is 1. The van der Waals surface area contributed by atoms with E-state index in [1.54, 1.807) is 11.9 Å². The first kappa shape index (κ1) is 11.8. The number of nitrogens with one attached hydrogen (secondary N) is 1. The van der Waals surface area contributed by atoms with Crippen molar-refractivity contribution in [2.75, 3.05) is 13.6 Å². The molecule has 74 valence electrons. The summed E-state index contributed by atoms with van der Waals surface area (Å²) in [4.78, 5) is 11.9. The lowest BCUT2D eigenvalue weighted by Gasteiger charge is -2.28. The van der Waals surface area contributed by atoms with Crippen LogP contribution in [0.25, 0.3) is 0 Å². The monoisotopic (exact) mass is 186 g/mol. The predicted molar refractivity (Wildman–Crippen MR) is 48.1 cm³/mol. The summed E-state index contributed by atoms with van der Waals surface area (Å²) >= 11 is 0. The van der Waals surface area contributed by atoms with Gasteiger partial charge < -0.3 is 15.5 Å². The fourth-order valence-corrected chi connectivity index (χ4v) is 0.968. The van der Waals surface area contributed by atoms with E-state index in [1.807, 2.05) is 0 Å². The molecular weight excluding hydrogens is 172 g/mol. The van der Waals surface area contributed by atoms with Crippen LogP contribution in [0.3, 0.4) is 0 Å². The molecule has 0 aliphatic carbocycles. The van der Waals surface area contributed by atoms with E-state index in [1.165, 1.54) is 6.92 Å². The van der Waals surface area contributed by atoms with Crippen LogP contribution in [0.15, 0.2) is 0 Å². The summed E-state index contributed by atoms with van der Waals surface area (Å²) in [6.07, 6.45) is 2.38. The van der Waals surface area contributed by atoms with Crippen molar-refractivity contribution in [2.24, 2.45) is 0 Å². The molecule has 0 fully saturated rings. The highest BCUT2D eigenvalue weighted by Gasteiger charge is 2.20. The fraction of sp³-hybridized carbons (Fsp3) is 0.625. The number of hydrogen-bond acceptors (Lipinski definition) is 3. The lowest BCUT2D eigenvalue weighted by atomic mass is 10.3. The van der Waals surface area contributed by atoms with Crippen molar-refractivity contribution in [3.63, 3.8) is 0 Å². The lowest BCUT2D eigenvalue weighted by molar-refractivity contribution is 0.0619. The van der Waals surface area contributed by atoms with Crippen LogP contribution in [-0.4, -0.2) is 47.1 Å². The van der Waals surface area contributed by atoms with Gasteiger partial charge >= 0.3 is 6.09 Å². The molecule has 0 bridgehead atoms. The van der Waals surface area contributed by atoms with Gasteiger partial charge in [-0.3, -0.25) is 4.90 Å². The summed E-state index contributed by atoms with van der Waals surface area (Å²) in [5.41, 5.74) is 0. The molecule has 13 heavy (non-hydrogen) atoms. The topological polar surface area (TPSA) is 72.8 Å². The Bertz CT molecular complexity index is 210. The predicted octanol–water partition coefficient (Wildman–Crippen LogP) is -0.474. The van der Waals surface area contributed by atoms with Gasteiger partial charge in [0.15, 0.2) is 0 Å². The maximum absolute atomic E-state index is 10.3. The number of carbonyl (C=O) groups is 1. The zero-order valence-corrected chi connectivity index (χ0v) is 7.69. The molecule has 0 radical (unpaired) electrons. The number of likely N-dealkylation sites (N-methyl/N-ethyl adjacent to an activating group) is 1. The van der Waals surface area contributed by atoms with Crippen molar-refractivity contribution in [1.29, 1.82) is 0 Å². The molecule has 0 rings (SSSR count). The molecule has 0 aliphatic rings. The van der Waals surface area contributed by atoms with Crippen molar-refractivity contribution in [1.82, 2.24) is 10.2 Å². The first-order valence-electron chi connectivity index (χ1n) is 3.80. The van der Waals surface area contributed by atoms with Crippen LogP contribution in [0.1, 0.15) is 6.92 Å². The Kier molecular flexibility index (Phi) is 4.89. The van der Waals surface area contributed by atoms with Crippen LogP contribution in [0, 0.1) is 12.3 Å². The molecule has 0 spiro atoms. The molecule has 0 aromatic heterocycles. The molecule has 0 aromatic carbocycles. The number of aliphatic hydroxyl groups is 1. The average molecular weight is 186 g/mol. The highest BCUT2D eigenvalue weighted by Crippen LogP contribution is 1.98. The Balaban J connectivity index is 4.25. The normalized spacial score (nSPS) is 14.7. The molecular formula is C8H14N2O3. The van der Waals surface area contributed by atoms with Crippen LogP contribution in [0.4, 0.5) is 4.79 Å². The van der Waals surface area contributed by atoms with E-state index in [0.717, 1.165) is 0 Å². The van der Waals surface area contributed by atoms with Gasteiger partial charge in [0.05, 0.1) is 12.6 Å². The van der Waals surface area contributed by atoms with Crippen molar-refractivity contribution < 1.29 is 15.0 Å². The molecule has 3 N–H and O–H groups in total. The number of amides is 1. The number of carboxylic acid groups (broad SMARTS) is 1. The summed E-state index contributed by atoms with van der Waals surface area (Å²) in [6, 6.07) is 0. The van der Waals surface area contributed by atoms with E-state index in [4.69, 9.17) is 11.5 Å². The summed E-state index contributed by atoms with van der Waals surface area (Å²) in [5.74, 6) is 2.36. The number of rotatable bonds is 4. The van der Waals surface area contributed by atoms with Crippen LogP contribution in [-0.2, 0) is 0 Å². The Morgan fingerprint density at radius 2 is 2.31 bits per heavy atom. The van der Waals surface area contributed by atoms with E-state index in [9.17, 15) is 9.90 Å². The third kappa shape index (κ3) is 4.35. The minimum Gasteiger partial charge on any atom is -0.465 e. The van der Waals surface area contributed by atoms with E-state index in [2.05, 4.69) is 11.2 Å². The van der Waals surface area contributed by atoms with E-state index >= 15 is 0 Å². The molecule has 5 nitrogen and oxygen atoms in total. The Hall–Kier alpha value is -1.25. The van der Waals surface area contributed by atoms with E-state index < -0.39 is 18.4 Å². The molecule has 0 aliphatic heterocycles. The second kappa shape index (κ2) is 5.41. The van der Waals surface area contributed by atoms with Gasteiger partial charge in [-0.2, -0.15) is 0 Å². The van der Waals surface area contributed by atoms with Crippen LogP contribution in [0.5, 0.6) is 0 Å². The Morgan fingerprint density at radius 3 is 2.62 bits per heavy atom. The fourth-order valence-electron chi connectivity index (χ4n) is 0.968. The van der Waals surface area contributed by atoms with E-state index in [-0.39, 0.29) is 6.54 Å². The third-order valence-corrected chi connectivity index (χ3v) is 1.54.